The average Bonchev–Trinajstić information content (AvgIpc) is 3.03. The van der Waals surface area contributed by atoms with E-state index in [1.807, 2.05) is 30.3 Å². The minimum atomic E-state index is -1.27. The molecule has 2 aromatic carbocycles. The second kappa shape index (κ2) is 6.39. The van der Waals surface area contributed by atoms with Crippen LogP contribution in [0.5, 0.6) is 0 Å². The third kappa shape index (κ3) is 2.90. The van der Waals surface area contributed by atoms with Gasteiger partial charge in [-0.25, -0.2) is 0 Å². The lowest BCUT2D eigenvalue weighted by Crippen LogP contribution is -2.29. The molecule has 118 valence electrons. The molecule has 0 aromatic heterocycles. The van der Waals surface area contributed by atoms with E-state index in [1.54, 1.807) is 4.90 Å². The van der Waals surface area contributed by atoms with Gasteiger partial charge in [-0.1, -0.05) is 42.5 Å². The highest BCUT2D eigenvalue weighted by Crippen LogP contribution is 2.28. The summed E-state index contributed by atoms with van der Waals surface area (Å²) in [5, 5.41) is 20.1. The molecule has 0 saturated carbocycles. The summed E-state index contributed by atoms with van der Waals surface area (Å²) in [6, 6.07) is 15.4. The molecule has 0 N–H and O–H groups in total. The maximum absolute atomic E-state index is 12.6. The zero-order chi connectivity index (χ0) is 17.1. The number of fused-ring (bicyclic) bond motifs is 1. The number of carboxylic acids is 1. The molecule has 0 saturated heterocycles. The minimum Gasteiger partial charge on any atom is -0.545 e. The summed E-state index contributed by atoms with van der Waals surface area (Å²) in [7, 11) is 0. The van der Waals surface area contributed by atoms with Crippen LogP contribution < -0.4 is 10.0 Å². The Hall–Kier alpha value is -3.39. The zero-order valence-corrected chi connectivity index (χ0v) is 12.7. The van der Waals surface area contributed by atoms with Crippen molar-refractivity contribution >= 4 is 23.6 Å². The van der Waals surface area contributed by atoms with Crippen LogP contribution in [0, 0.1) is 11.3 Å². The fraction of sp³-hybridized carbons (Fsp3) is 0.105. The fourth-order valence-electron chi connectivity index (χ4n) is 2.72. The summed E-state index contributed by atoms with van der Waals surface area (Å²) < 4.78 is 0. The monoisotopic (exact) mass is 317 g/mol. The van der Waals surface area contributed by atoms with E-state index in [4.69, 9.17) is 0 Å². The van der Waals surface area contributed by atoms with Crippen molar-refractivity contribution in [2.24, 2.45) is 0 Å². The summed E-state index contributed by atoms with van der Waals surface area (Å²) >= 11 is 0. The summed E-state index contributed by atoms with van der Waals surface area (Å²) in [5.41, 5.74) is 2.55. The zero-order valence-electron chi connectivity index (χ0n) is 12.7. The summed E-state index contributed by atoms with van der Waals surface area (Å²) in [6.45, 7) is 0.542. The number of para-hydroxylation sites is 1. The number of rotatable bonds is 3. The van der Waals surface area contributed by atoms with Crippen molar-refractivity contribution < 1.29 is 14.7 Å². The van der Waals surface area contributed by atoms with Crippen LogP contribution in [0.4, 0.5) is 5.69 Å². The topological polar surface area (TPSA) is 84.2 Å². The SMILES string of the molecule is N#C/C(=C\c1ccc(C(=O)[O-])cc1)C(=O)N1CCc2ccccc21. The first kappa shape index (κ1) is 15.5. The molecule has 1 aliphatic rings. The third-order valence-electron chi connectivity index (χ3n) is 3.94. The van der Waals surface area contributed by atoms with Crippen LogP contribution in [0.2, 0.25) is 0 Å². The second-order valence-electron chi connectivity index (χ2n) is 5.41. The Balaban J connectivity index is 1.88. The second-order valence-corrected chi connectivity index (χ2v) is 5.41. The number of carbonyl (C=O) groups is 2. The van der Waals surface area contributed by atoms with Crippen LogP contribution in [0.1, 0.15) is 21.5 Å². The maximum Gasteiger partial charge on any atom is 0.268 e. The number of hydrogen-bond donors (Lipinski definition) is 0. The van der Waals surface area contributed by atoms with E-state index in [9.17, 15) is 20.0 Å². The molecule has 1 heterocycles. The van der Waals surface area contributed by atoms with E-state index in [1.165, 1.54) is 30.3 Å². The van der Waals surface area contributed by atoms with E-state index in [-0.39, 0.29) is 17.0 Å². The summed E-state index contributed by atoms with van der Waals surface area (Å²) in [5.74, 6) is -1.62. The van der Waals surface area contributed by atoms with Crippen LogP contribution >= 0.6 is 0 Å². The highest BCUT2D eigenvalue weighted by atomic mass is 16.4. The predicted molar refractivity (Wildman–Crippen MR) is 86.9 cm³/mol. The Labute approximate surface area is 139 Å². The normalized spacial score (nSPS) is 13.3. The van der Waals surface area contributed by atoms with Gasteiger partial charge in [0, 0.05) is 12.2 Å². The lowest BCUT2D eigenvalue weighted by atomic mass is 10.1. The number of anilines is 1. The van der Waals surface area contributed by atoms with Crippen molar-refractivity contribution in [1.29, 1.82) is 5.26 Å². The molecular formula is C19H13N2O3-. The lowest BCUT2D eigenvalue weighted by molar-refractivity contribution is -0.255. The predicted octanol–water partition coefficient (Wildman–Crippen LogP) is 1.55. The van der Waals surface area contributed by atoms with Crippen molar-refractivity contribution in [1.82, 2.24) is 0 Å². The standard InChI is InChI=1S/C19H14N2O3/c20-12-16(11-13-5-7-15(8-6-13)19(23)24)18(22)21-10-9-14-3-1-2-4-17(14)21/h1-8,11H,9-10H2,(H,23,24)/p-1/b16-11+. The molecule has 0 fully saturated rings. The van der Waals surface area contributed by atoms with Gasteiger partial charge in [0.05, 0.1) is 5.97 Å². The number of benzene rings is 2. The highest BCUT2D eigenvalue weighted by Gasteiger charge is 2.26. The van der Waals surface area contributed by atoms with Crippen molar-refractivity contribution in [3.63, 3.8) is 0 Å². The highest BCUT2D eigenvalue weighted by molar-refractivity contribution is 6.12. The van der Waals surface area contributed by atoms with Crippen LogP contribution in [-0.4, -0.2) is 18.4 Å². The van der Waals surface area contributed by atoms with Gasteiger partial charge in [-0.15, -0.1) is 0 Å². The van der Waals surface area contributed by atoms with Crippen molar-refractivity contribution in [3.05, 3.63) is 70.8 Å². The Kier molecular flexibility index (Phi) is 4.13. The number of nitriles is 1. The molecule has 0 spiro atoms. The van der Waals surface area contributed by atoms with Crippen molar-refractivity contribution in [2.75, 3.05) is 11.4 Å². The molecule has 2 aromatic rings. The molecule has 24 heavy (non-hydrogen) atoms. The molecular weight excluding hydrogens is 304 g/mol. The van der Waals surface area contributed by atoms with Gasteiger partial charge in [0.25, 0.3) is 5.91 Å². The average molecular weight is 317 g/mol. The van der Waals surface area contributed by atoms with E-state index in [2.05, 4.69) is 0 Å². The first-order valence-electron chi connectivity index (χ1n) is 7.43. The first-order chi connectivity index (χ1) is 11.6. The molecule has 1 amide bonds. The molecule has 5 nitrogen and oxygen atoms in total. The Morgan fingerprint density at radius 2 is 1.83 bits per heavy atom. The molecule has 1 aliphatic heterocycles. The number of carbonyl (C=O) groups excluding carboxylic acids is 2. The van der Waals surface area contributed by atoms with Crippen LogP contribution in [0.25, 0.3) is 6.08 Å². The number of aromatic carboxylic acids is 1. The number of nitrogens with zero attached hydrogens (tertiary/aromatic N) is 2. The van der Waals surface area contributed by atoms with Crippen LogP contribution in [0.15, 0.2) is 54.1 Å². The van der Waals surface area contributed by atoms with E-state index >= 15 is 0 Å². The number of amides is 1. The minimum absolute atomic E-state index is 0.00732. The molecule has 5 heteroatoms. The molecule has 0 aliphatic carbocycles. The van der Waals surface area contributed by atoms with Crippen LogP contribution in [0.3, 0.4) is 0 Å². The molecule has 0 unspecified atom stereocenters. The van der Waals surface area contributed by atoms with Gasteiger partial charge < -0.3 is 14.8 Å². The van der Waals surface area contributed by atoms with E-state index < -0.39 is 5.97 Å². The largest absolute Gasteiger partial charge is 0.545 e. The van der Waals surface area contributed by atoms with Crippen molar-refractivity contribution in [3.8, 4) is 6.07 Å². The van der Waals surface area contributed by atoms with Gasteiger partial charge in [-0.3, -0.25) is 4.79 Å². The fourth-order valence-corrected chi connectivity index (χ4v) is 2.72. The number of hydrogen-bond acceptors (Lipinski definition) is 4. The van der Waals surface area contributed by atoms with Gasteiger partial charge in [-0.2, -0.15) is 5.26 Å². The Morgan fingerprint density at radius 1 is 1.12 bits per heavy atom. The van der Waals surface area contributed by atoms with Gasteiger partial charge in [-0.05, 0) is 35.3 Å². The summed E-state index contributed by atoms with van der Waals surface area (Å²) in [6.07, 6.45) is 2.23. The van der Waals surface area contributed by atoms with Crippen LogP contribution in [-0.2, 0) is 11.2 Å². The molecule has 3 rings (SSSR count). The number of carboxylic acid groups (broad SMARTS) is 1. The Bertz CT molecular complexity index is 876. The van der Waals surface area contributed by atoms with Gasteiger partial charge in [0.1, 0.15) is 11.6 Å². The quantitative estimate of drug-likeness (QED) is 0.635. The van der Waals surface area contributed by atoms with Gasteiger partial charge >= 0.3 is 0 Å². The Morgan fingerprint density at radius 3 is 2.50 bits per heavy atom. The smallest absolute Gasteiger partial charge is 0.268 e. The van der Waals surface area contributed by atoms with Gasteiger partial charge in [0.2, 0.25) is 0 Å². The van der Waals surface area contributed by atoms with E-state index in [0.29, 0.717) is 12.1 Å². The summed E-state index contributed by atoms with van der Waals surface area (Å²) in [4.78, 5) is 25.0. The molecule has 0 radical (unpaired) electrons. The molecule has 0 bridgehead atoms. The van der Waals surface area contributed by atoms with E-state index in [0.717, 1.165) is 17.7 Å². The third-order valence-corrected chi connectivity index (χ3v) is 3.94. The first-order valence-corrected chi connectivity index (χ1v) is 7.43. The maximum atomic E-state index is 12.6. The lowest BCUT2D eigenvalue weighted by Gasteiger charge is -2.16. The molecule has 0 atom stereocenters. The van der Waals surface area contributed by atoms with Gasteiger partial charge in [0.15, 0.2) is 0 Å². The van der Waals surface area contributed by atoms with Crippen molar-refractivity contribution in [2.45, 2.75) is 6.42 Å².